The highest BCUT2D eigenvalue weighted by molar-refractivity contribution is 6.33. The van der Waals surface area contributed by atoms with Crippen LogP contribution in [0.4, 0.5) is 0 Å². The SMILES string of the molecule is Cn1cc(Cl)c(C(=O)N2CCN(Cc3ccc(Cl)cc3)CC2)n1. The minimum atomic E-state index is -0.0956. The highest BCUT2D eigenvalue weighted by atomic mass is 35.5. The van der Waals surface area contributed by atoms with Gasteiger partial charge in [-0.3, -0.25) is 14.4 Å². The van der Waals surface area contributed by atoms with E-state index in [1.165, 1.54) is 5.56 Å². The zero-order valence-electron chi connectivity index (χ0n) is 12.9. The summed E-state index contributed by atoms with van der Waals surface area (Å²) < 4.78 is 1.56. The molecule has 1 aromatic heterocycles. The Labute approximate surface area is 145 Å². The largest absolute Gasteiger partial charge is 0.335 e. The number of hydrogen-bond acceptors (Lipinski definition) is 3. The van der Waals surface area contributed by atoms with Crippen LogP contribution in [0.25, 0.3) is 0 Å². The van der Waals surface area contributed by atoms with Crippen LogP contribution >= 0.6 is 23.2 Å². The number of hydrogen-bond donors (Lipinski definition) is 0. The molecule has 122 valence electrons. The molecule has 0 spiro atoms. The van der Waals surface area contributed by atoms with Gasteiger partial charge in [0.05, 0.1) is 5.02 Å². The van der Waals surface area contributed by atoms with Gasteiger partial charge >= 0.3 is 0 Å². The van der Waals surface area contributed by atoms with Crippen LogP contribution in [-0.2, 0) is 13.6 Å². The standard InChI is InChI=1S/C16H18Cl2N4O/c1-20-11-14(18)15(19-20)16(23)22-8-6-21(7-9-22)10-12-2-4-13(17)5-3-12/h2-5,11H,6-10H2,1H3. The number of piperazine rings is 1. The average Bonchev–Trinajstić information content (AvgIpc) is 2.88. The molecule has 1 aliphatic rings. The number of halogens is 2. The minimum absolute atomic E-state index is 0.0956. The van der Waals surface area contributed by atoms with Crippen LogP contribution < -0.4 is 0 Å². The molecule has 1 fully saturated rings. The van der Waals surface area contributed by atoms with Crippen molar-refractivity contribution in [3.05, 3.63) is 51.8 Å². The van der Waals surface area contributed by atoms with E-state index in [2.05, 4.69) is 10.00 Å². The first-order chi connectivity index (χ1) is 11.0. The van der Waals surface area contributed by atoms with Gasteiger partial charge in [-0.1, -0.05) is 35.3 Å². The van der Waals surface area contributed by atoms with Crippen molar-refractivity contribution < 1.29 is 4.79 Å². The molecule has 1 aromatic carbocycles. The third-order valence-electron chi connectivity index (χ3n) is 3.97. The zero-order valence-corrected chi connectivity index (χ0v) is 14.4. The maximum absolute atomic E-state index is 12.5. The molecule has 1 aliphatic heterocycles. The Morgan fingerprint density at radius 1 is 1.13 bits per heavy atom. The van der Waals surface area contributed by atoms with Gasteiger partial charge < -0.3 is 4.90 Å². The molecule has 1 amide bonds. The molecule has 0 radical (unpaired) electrons. The average molecular weight is 353 g/mol. The summed E-state index contributed by atoms with van der Waals surface area (Å²) in [5, 5.41) is 5.30. The Morgan fingerprint density at radius 3 is 2.35 bits per heavy atom. The highest BCUT2D eigenvalue weighted by Crippen LogP contribution is 2.17. The van der Waals surface area contributed by atoms with Gasteiger partial charge in [0.1, 0.15) is 0 Å². The number of amides is 1. The third kappa shape index (κ3) is 3.86. The van der Waals surface area contributed by atoms with Gasteiger partial charge in [-0.25, -0.2) is 0 Å². The first-order valence-corrected chi connectivity index (χ1v) is 8.24. The second kappa shape index (κ2) is 6.91. The van der Waals surface area contributed by atoms with E-state index < -0.39 is 0 Å². The fraction of sp³-hybridized carbons (Fsp3) is 0.375. The molecule has 2 heterocycles. The first-order valence-electron chi connectivity index (χ1n) is 7.48. The number of rotatable bonds is 3. The fourth-order valence-electron chi connectivity index (χ4n) is 2.71. The van der Waals surface area contributed by atoms with E-state index >= 15 is 0 Å². The lowest BCUT2D eigenvalue weighted by Gasteiger charge is -2.34. The number of aryl methyl sites for hydroxylation is 1. The van der Waals surface area contributed by atoms with Crippen LogP contribution in [0.3, 0.4) is 0 Å². The van der Waals surface area contributed by atoms with Crippen molar-refractivity contribution in [2.45, 2.75) is 6.54 Å². The lowest BCUT2D eigenvalue weighted by molar-refractivity contribution is 0.0622. The van der Waals surface area contributed by atoms with Crippen LogP contribution in [0, 0.1) is 0 Å². The molecule has 0 aliphatic carbocycles. The van der Waals surface area contributed by atoms with Gasteiger partial charge in [0, 0.05) is 51.0 Å². The van der Waals surface area contributed by atoms with Crippen LogP contribution in [0.15, 0.2) is 30.5 Å². The summed E-state index contributed by atoms with van der Waals surface area (Å²) >= 11 is 12.0. The fourth-order valence-corrected chi connectivity index (χ4v) is 3.10. The molecule has 0 N–H and O–H groups in total. The number of benzene rings is 1. The van der Waals surface area contributed by atoms with Crippen molar-refractivity contribution in [2.75, 3.05) is 26.2 Å². The second-order valence-electron chi connectivity index (χ2n) is 5.69. The lowest BCUT2D eigenvalue weighted by Crippen LogP contribution is -2.48. The Bertz CT molecular complexity index is 691. The van der Waals surface area contributed by atoms with E-state index in [-0.39, 0.29) is 5.91 Å². The second-order valence-corrected chi connectivity index (χ2v) is 6.54. The van der Waals surface area contributed by atoms with Crippen molar-refractivity contribution in [2.24, 2.45) is 7.05 Å². The molecule has 0 bridgehead atoms. The monoisotopic (exact) mass is 352 g/mol. The Morgan fingerprint density at radius 2 is 1.78 bits per heavy atom. The summed E-state index contributed by atoms with van der Waals surface area (Å²) in [6, 6.07) is 7.88. The molecule has 0 atom stereocenters. The smallest absolute Gasteiger partial charge is 0.276 e. The van der Waals surface area contributed by atoms with Crippen molar-refractivity contribution >= 4 is 29.1 Å². The van der Waals surface area contributed by atoms with Gasteiger partial charge in [0.2, 0.25) is 0 Å². The number of nitrogens with zero attached hydrogens (tertiary/aromatic N) is 4. The molecule has 23 heavy (non-hydrogen) atoms. The van der Waals surface area contributed by atoms with Gasteiger partial charge in [-0.05, 0) is 17.7 Å². The Kier molecular flexibility index (Phi) is 4.90. The van der Waals surface area contributed by atoms with Gasteiger partial charge in [0.25, 0.3) is 5.91 Å². The van der Waals surface area contributed by atoms with Gasteiger partial charge in [-0.15, -0.1) is 0 Å². The summed E-state index contributed by atoms with van der Waals surface area (Å²) in [5.41, 5.74) is 1.56. The Hall–Kier alpha value is -1.56. The highest BCUT2D eigenvalue weighted by Gasteiger charge is 2.25. The van der Waals surface area contributed by atoms with Crippen LogP contribution in [0.5, 0.6) is 0 Å². The molecule has 0 unspecified atom stereocenters. The zero-order chi connectivity index (χ0) is 16.4. The van der Waals surface area contributed by atoms with Crippen molar-refractivity contribution in [1.82, 2.24) is 19.6 Å². The summed E-state index contributed by atoms with van der Waals surface area (Å²) in [7, 11) is 1.76. The molecule has 1 saturated heterocycles. The summed E-state index contributed by atoms with van der Waals surface area (Å²) in [6.45, 7) is 3.89. The summed E-state index contributed by atoms with van der Waals surface area (Å²) in [5.74, 6) is -0.0956. The first kappa shape index (κ1) is 16.3. The van der Waals surface area contributed by atoms with Crippen LogP contribution in [0.2, 0.25) is 10.0 Å². The normalized spacial score (nSPS) is 15.9. The lowest BCUT2D eigenvalue weighted by atomic mass is 10.2. The predicted octanol–water partition coefficient (Wildman–Crippen LogP) is 2.68. The van der Waals surface area contributed by atoms with E-state index in [1.54, 1.807) is 17.9 Å². The molecular formula is C16H18Cl2N4O. The molecule has 3 rings (SSSR count). The maximum Gasteiger partial charge on any atom is 0.276 e. The van der Waals surface area contributed by atoms with E-state index in [9.17, 15) is 4.79 Å². The van der Waals surface area contributed by atoms with Gasteiger partial charge in [0.15, 0.2) is 5.69 Å². The van der Waals surface area contributed by atoms with Crippen LogP contribution in [0.1, 0.15) is 16.1 Å². The topological polar surface area (TPSA) is 41.4 Å². The number of aromatic nitrogens is 2. The number of carbonyl (C=O) groups excluding carboxylic acids is 1. The molecular weight excluding hydrogens is 335 g/mol. The number of carbonyl (C=O) groups is 1. The van der Waals surface area contributed by atoms with Crippen LogP contribution in [-0.4, -0.2) is 51.7 Å². The quantitative estimate of drug-likeness (QED) is 0.852. The maximum atomic E-state index is 12.5. The molecule has 7 heteroatoms. The molecule has 5 nitrogen and oxygen atoms in total. The molecule has 2 aromatic rings. The van der Waals surface area contributed by atoms with E-state index in [1.807, 2.05) is 29.2 Å². The third-order valence-corrected chi connectivity index (χ3v) is 4.49. The van der Waals surface area contributed by atoms with Gasteiger partial charge in [-0.2, -0.15) is 5.10 Å². The molecule has 0 saturated carbocycles. The minimum Gasteiger partial charge on any atom is -0.335 e. The van der Waals surface area contributed by atoms with E-state index in [0.29, 0.717) is 23.8 Å². The van der Waals surface area contributed by atoms with Crippen molar-refractivity contribution in [3.63, 3.8) is 0 Å². The predicted molar refractivity (Wildman–Crippen MR) is 90.9 cm³/mol. The van der Waals surface area contributed by atoms with Crippen molar-refractivity contribution in [1.29, 1.82) is 0 Å². The summed E-state index contributed by atoms with van der Waals surface area (Å²) in [6.07, 6.45) is 1.64. The van der Waals surface area contributed by atoms with E-state index in [4.69, 9.17) is 23.2 Å². The summed E-state index contributed by atoms with van der Waals surface area (Å²) in [4.78, 5) is 16.6. The van der Waals surface area contributed by atoms with E-state index in [0.717, 1.165) is 24.7 Å². The Balaban J connectivity index is 1.57. The van der Waals surface area contributed by atoms with Crippen molar-refractivity contribution in [3.8, 4) is 0 Å².